The van der Waals surface area contributed by atoms with Crippen LogP contribution in [0.3, 0.4) is 0 Å². The number of hydrogen-bond donors (Lipinski definition) is 1. The molecule has 8 heteroatoms. The molecule has 2 aliphatic rings. The molecule has 2 fully saturated rings. The summed E-state index contributed by atoms with van der Waals surface area (Å²) in [6, 6.07) is 11.8. The Hall–Kier alpha value is -2.58. The molecule has 2 heterocycles. The van der Waals surface area contributed by atoms with E-state index in [1.165, 1.54) is 36.4 Å². The van der Waals surface area contributed by atoms with Crippen LogP contribution < -0.4 is 4.72 Å². The zero-order valence-electron chi connectivity index (χ0n) is 16.7. The normalized spacial score (nSPS) is 26.0. The van der Waals surface area contributed by atoms with E-state index in [9.17, 15) is 17.2 Å². The van der Waals surface area contributed by atoms with Crippen molar-refractivity contribution in [2.75, 3.05) is 11.3 Å². The number of rotatable bonds is 4. The Bertz CT molecular complexity index is 1220. The first-order valence-electron chi connectivity index (χ1n) is 10.3. The van der Waals surface area contributed by atoms with Crippen LogP contribution >= 0.6 is 0 Å². The number of pyridine rings is 1. The molecule has 1 N–H and O–H groups in total. The first-order chi connectivity index (χ1) is 14.9. The van der Waals surface area contributed by atoms with Gasteiger partial charge >= 0.3 is 0 Å². The summed E-state index contributed by atoms with van der Waals surface area (Å²) in [6.45, 7) is 0.403. The summed E-state index contributed by atoms with van der Waals surface area (Å²) in [5, 5.41) is 0.815. The molecule has 31 heavy (non-hydrogen) atoms. The number of sulfonamides is 1. The van der Waals surface area contributed by atoms with Gasteiger partial charge in [0.2, 0.25) is 0 Å². The van der Waals surface area contributed by atoms with Gasteiger partial charge in [-0.3, -0.25) is 9.71 Å². The molecular formula is C23H22F2N2O3S. The average Bonchev–Trinajstić information content (AvgIpc) is 2.74. The molecule has 162 valence electrons. The molecule has 5 nitrogen and oxygen atoms in total. The molecule has 1 atom stereocenters. The number of nitrogens with one attached hydrogen (secondary N) is 1. The van der Waals surface area contributed by atoms with Gasteiger partial charge in [0.25, 0.3) is 10.0 Å². The van der Waals surface area contributed by atoms with E-state index < -0.39 is 26.7 Å². The molecule has 1 spiro atoms. The summed E-state index contributed by atoms with van der Waals surface area (Å²) < 4.78 is 60.8. The minimum absolute atomic E-state index is 0.215. The zero-order chi connectivity index (χ0) is 21.6. The number of aromatic nitrogens is 1. The molecule has 1 aromatic heterocycles. The van der Waals surface area contributed by atoms with E-state index in [1.807, 2.05) is 6.07 Å². The van der Waals surface area contributed by atoms with Crippen molar-refractivity contribution >= 4 is 26.6 Å². The Morgan fingerprint density at radius 2 is 1.71 bits per heavy atom. The summed E-state index contributed by atoms with van der Waals surface area (Å²) in [5.41, 5.74) is 0.762. The fourth-order valence-electron chi connectivity index (χ4n) is 4.92. The molecule has 1 unspecified atom stereocenters. The number of anilines is 1. The van der Waals surface area contributed by atoms with Crippen molar-refractivity contribution in [1.29, 1.82) is 0 Å². The highest BCUT2D eigenvalue weighted by atomic mass is 32.2. The number of hydrogen-bond acceptors (Lipinski definition) is 4. The van der Waals surface area contributed by atoms with Crippen molar-refractivity contribution in [3.63, 3.8) is 0 Å². The van der Waals surface area contributed by atoms with Crippen LogP contribution in [-0.4, -0.2) is 25.4 Å². The third kappa shape index (κ3) is 3.68. The lowest BCUT2D eigenvalue weighted by molar-refractivity contribution is -0.159. The number of fused-ring (bicyclic) bond motifs is 1. The molecule has 0 bridgehead atoms. The summed E-state index contributed by atoms with van der Waals surface area (Å²) in [5.74, 6) is -0.507. The fourth-order valence-corrected chi connectivity index (χ4v) is 6.70. The van der Waals surface area contributed by atoms with Crippen molar-refractivity contribution < 1.29 is 21.9 Å². The van der Waals surface area contributed by atoms with E-state index in [1.54, 1.807) is 12.3 Å². The van der Waals surface area contributed by atoms with Crippen molar-refractivity contribution in [3.05, 3.63) is 71.9 Å². The maximum atomic E-state index is 13.8. The van der Waals surface area contributed by atoms with Gasteiger partial charge < -0.3 is 4.74 Å². The highest BCUT2D eigenvalue weighted by molar-refractivity contribution is 7.93. The zero-order valence-corrected chi connectivity index (χ0v) is 17.5. The van der Waals surface area contributed by atoms with Gasteiger partial charge in [-0.15, -0.1) is 0 Å². The maximum Gasteiger partial charge on any atom is 0.260 e. The molecule has 3 aromatic rings. The Balaban J connectivity index is 1.33. The maximum absolute atomic E-state index is 13.8. The third-order valence-electron chi connectivity index (χ3n) is 6.57. The van der Waals surface area contributed by atoms with Crippen LogP contribution in [0.15, 0.2) is 54.7 Å². The smallest absolute Gasteiger partial charge is 0.260 e. The number of ether oxygens (including phenoxy) is 1. The summed E-state index contributed by atoms with van der Waals surface area (Å²) >= 11 is 0. The Labute approximate surface area is 179 Å². The second-order valence-electron chi connectivity index (χ2n) is 8.50. The van der Waals surface area contributed by atoms with Crippen LogP contribution in [0.5, 0.6) is 0 Å². The molecule has 1 aliphatic carbocycles. The lowest BCUT2D eigenvalue weighted by Crippen LogP contribution is -2.58. The van der Waals surface area contributed by atoms with E-state index in [2.05, 4.69) is 9.71 Å². The van der Waals surface area contributed by atoms with Crippen molar-refractivity contribution in [1.82, 2.24) is 4.98 Å². The van der Waals surface area contributed by atoms with Gasteiger partial charge in [-0.25, -0.2) is 17.2 Å². The van der Waals surface area contributed by atoms with Gasteiger partial charge in [-0.1, -0.05) is 0 Å². The summed E-state index contributed by atoms with van der Waals surface area (Å²) in [4.78, 5) is 4.33. The fraction of sp³-hybridized carbons (Fsp3) is 0.348. The van der Waals surface area contributed by atoms with Crippen molar-refractivity contribution in [3.8, 4) is 0 Å². The van der Waals surface area contributed by atoms with Crippen molar-refractivity contribution in [2.45, 2.75) is 37.0 Å². The van der Waals surface area contributed by atoms with Crippen LogP contribution in [-0.2, 0) is 14.8 Å². The summed E-state index contributed by atoms with van der Waals surface area (Å²) in [7, 11) is -3.77. The number of benzene rings is 2. The highest BCUT2D eigenvalue weighted by Crippen LogP contribution is 2.53. The second-order valence-corrected chi connectivity index (χ2v) is 10.2. The van der Waals surface area contributed by atoms with E-state index >= 15 is 0 Å². The van der Waals surface area contributed by atoms with Gasteiger partial charge in [0.15, 0.2) is 5.44 Å². The first-order valence-corrected chi connectivity index (χ1v) is 11.8. The second kappa shape index (κ2) is 7.53. The standard InChI is InChI=1S/C23H22F2N2O3S/c24-16-1-4-18(5-2-16)27-31(28,29)22-23(14-30-22)10-7-15(8-11-23)19-9-12-26-21-6-3-17(25)13-20(19)21/h1-6,9,12-13,15,22,27H,7-8,10-11,14H2. The monoisotopic (exact) mass is 444 g/mol. The minimum Gasteiger partial charge on any atom is -0.359 e. The third-order valence-corrected chi connectivity index (χ3v) is 8.29. The Morgan fingerprint density at radius 3 is 2.39 bits per heavy atom. The van der Waals surface area contributed by atoms with Crippen LogP contribution in [0.2, 0.25) is 0 Å². The Kier molecular flexibility index (Phi) is 4.94. The van der Waals surface area contributed by atoms with Gasteiger partial charge in [-0.05, 0) is 85.7 Å². The van der Waals surface area contributed by atoms with Gasteiger partial charge in [0.1, 0.15) is 11.6 Å². The van der Waals surface area contributed by atoms with Crippen molar-refractivity contribution in [2.24, 2.45) is 5.41 Å². The lowest BCUT2D eigenvalue weighted by Gasteiger charge is -2.51. The van der Waals surface area contributed by atoms with E-state index in [0.29, 0.717) is 25.1 Å². The SMILES string of the molecule is O=S(=O)(Nc1ccc(F)cc1)C1OCC12CCC(c1ccnc3ccc(F)cc13)CC2. The first kappa shape index (κ1) is 20.3. The highest BCUT2D eigenvalue weighted by Gasteiger charge is 2.56. The van der Waals surface area contributed by atoms with E-state index in [-0.39, 0.29) is 11.7 Å². The molecular weight excluding hydrogens is 422 g/mol. The number of nitrogens with zero attached hydrogens (tertiary/aromatic N) is 1. The van der Waals surface area contributed by atoms with Gasteiger partial charge in [0, 0.05) is 22.7 Å². The van der Waals surface area contributed by atoms with Crippen LogP contribution in [0, 0.1) is 17.0 Å². The molecule has 2 aromatic carbocycles. The predicted molar refractivity (Wildman–Crippen MR) is 114 cm³/mol. The van der Waals surface area contributed by atoms with Gasteiger partial charge in [-0.2, -0.15) is 0 Å². The average molecular weight is 445 g/mol. The van der Waals surface area contributed by atoms with Crippen LogP contribution in [0.1, 0.15) is 37.2 Å². The van der Waals surface area contributed by atoms with E-state index in [4.69, 9.17) is 4.74 Å². The molecule has 1 saturated carbocycles. The largest absolute Gasteiger partial charge is 0.359 e. The molecule has 1 saturated heterocycles. The lowest BCUT2D eigenvalue weighted by atomic mass is 9.67. The number of halogens is 2. The van der Waals surface area contributed by atoms with Crippen LogP contribution in [0.25, 0.3) is 10.9 Å². The quantitative estimate of drug-likeness (QED) is 0.618. The molecule has 1 aliphatic heterocycles. The Morgan fingerprint density at radius 1 is 1.00 bits per heavy atom. The van der Waals surface area contributed by atoms with Gasteiger partial charge in [0.05, 0.1) is 12.1 Å². The molecule has 0 amide bonds. The minimum atomic E-state index is -3.77. The van der Waals surface area contributed by atoms with Crippen LogP contribution in [0.4, 0.5) is 14.5 Å². The van der Waals surface area contributed by atoms with E-state index in [0.717, 1.165) is 29.3 Å². The summed E-state index contributed by atoms with van der Waals surface area (Å²) in [6.07, 6.45) is 4.73. The molecule has 0 radical (unpaired) electrons. The predicted octanol–water partition coefficient (Wildman–Crippen LogP) is 4.96. The molecule has 5 rings (SSSR count). The topological polar surface area (TPSA) is 68.3 Å².